The summed E-state index contributed by atoms with van der Waals surface area (Å²) in [6, 6.07) is 86.2. The van der Waals surface area contributed by atoms with Gasteiger partial charge in [-0.05, 0) is 113 Å². The summed E-state index contributed by atoms with van der Waals surface area (Å²) in [5.41, 5.74) is 13.7. The first-order chi connectivity index (χ1) is 33.7. The molecule has 0 N–H and O–H groups in total. The molecule has 0 saturated heterocycles. The molecule has 0 amide bonds. The Morgan fingerprint density at radius 2 is 0.574 bits per heavy atom. The van der Waals surface area contributed by atoms with Crippen LogP contribution in [0.15, 0.2) is 237 Å². The lowest BCUT2D eigenvalue weighted by molar-refractivity contribution is 1.02. The predicted molar refractivity (Wildman–Crippen MR) is 285 cm³/mol. The van der Waals surface area contributed by atoms with Gasteiger partial charge in [0.2, 0.25) is 0 Å². The standard InChI is InChI=1S/C63H39N5/c1-3-19-44(20-4-1)65-54-27-13-9-23-46(54)50-38-60-52(36-58(50)65)48-25-11-15-29-56(48)67(60)62-34-43(42-32-31-40-17-7-8-18-41(40)33-42)35-63(64-62)68-57-30-16-12-26-49(57)53-37-59-51(39-61(53)68)47-24-10-14-28-55(47)66(59)45-21-5-2-6-22-45/h1-39H. The number of hydrogen-bond donors (Lipinski definition) is 0. The first-order valence-corrected chi connectivity index (χ1v) is 23.3. The lowest BCUT2D eigenvalue weighted by atomic mass is 10.0. The van der Waals surface area contributed by atoms with Gasteiger partial charge in [-0.3, -0.25) is 9.13 Å². The number of hydrogen-bond acceptors (Lipinski definition) is 1. The van der Waals surface area contributed by atoms with E-state index in [-0.39, 0.29) is 0 Å². The average molecular weight is 866 g/mol. The van der Waals surface area contributed by atoms with Gasteiger partial charge in [-0.2, -0.15) is 0 Å². The van der Waals surface area contributed by atoms with Crippen LogP contribution in [0.1, 0.15) is 0 Å². The molecule has 316 valence electrons. The average Bonchev–Trinajstić information content (AvgIpc) is 4.12. The summed E-state index contributed by atoms with van der Waals surface area (Å²) < 4.78 is 9.60. The molecule has 10 aromatic carbocycles. The van der Waals surface area contributed by atoms with E-state index in [1.165, 1.54) is 75.9 Å². The van der Waals surface area contributed by atoms with Crippen molar-refractivity contribution in [1.82, 2.24) is 23.3 Å². The molecule has 5 heterocycles. The summed E-state index contributed by atoms with van der Waals surface area (Å²) in [7, 11) is 0. The van der Waals surface area contributed by atoms with Crippen LogP contribution >= 0.6 is 0 Å². The zero-order valence-electron chi connectivity index (χ0n) is 36.8. The highest BCUT2D eigenvalue weighted by Crippen LogP contribution is 2.43. The van der Waals surface area contributed by atoms with E-state index in [0.29, 0.717) is 0 Å². The van der Waals surface area contributed by atoms with Crippen LogP contribution in [0.5, 0.6) is 0 Å². The van der Waals surface area contributed by atoms with E-state index < -0.39 is 0 Å². The molecule has 15 rings (SSSR count). The maximum absolute atomic E-state index is 5.81. The minimum Gasteiger partial charge on any atom is -0.309 e. The number of fused-ring (bicyclic) bond motifs is 13. The number of nitrogens with zero attached hydrogens (tertiary/aromatic N) is 5. The van der Waals surface area contributed by atoms with Crippen molar-refractivity contribution in [3.05, 3.63) is 237 Å². The van der Waals surface area contributed by atoms with E-state index in [1.54, 1.807) is 0 Å². The van der Waals surface area contributed by atoms with Crippen molar-refractivity contribution >= 4 is 98.0 Å². The van der Waals surface area contributed by atoms with Crippen molar-refractivity contribution in [2.24, 2.45) is 0 Å². The maximum atomic E-state index is 5.81. The molecule has 15 aromatic rings. The minimum atomic E-state index is 0.857. The minimum absolute atomic E-state index is 0.857. The third-order valence-corrected chi connectivity index (χ3v) is 14.3. The molecule has 5 nitrogen and oxygen atoms in total. The molecule has 0 aliphatic carbocycles. The second-order valence-electron chi connectivity index (χ2n) is 18.0. The number of pyridine rings is 1. The fraction of sp³-hybridized carbons (Fsp3) is 0. The molecule has 0 fully saturated rings. The van der Waals surface area contributed by atoms with E-state index in [9.17, 15) is 0 Å². The van der Waals surface area contributed by atoms with Gasteiger partial charge in [0.25, 0.3) is 0 Å². The van der Waals surface area contributed by atoms with Crippen molar-refractivity contribution in [2.75, 3.05) is 0 Å². The van der Waals surface area contributed by atoms with Crippen molar-refractivity contribution in [2.45, 2.75) is 0 Å². The molecule has 0 bridgehead atoms. The summed E-state index contributed by atoms with van der Waals surface area (Å²) >= 11 is 0. The molecule has 68 heavy (non-hydrogen) atoms. The molecule has 5 heteroatoms. The summed E-state index contributed by atoms with van der Waals surface area (Å²) in [5.74, 6) is 1.71. The SMILES string of the molecule is c1ccc(-n2c3ccccc3c3cc4c(cc32)c2ccccc2n4-c2cc(-c3ccc4ccccc4c3)cc(-n3c4ccccc4c4cc5c(cc43)c3ccccc3n5-c3ccccc3)n2)cc1. The molecule has 5 aromatic heterocycles. The van der Waals surface area contributed by atoms with Crippen molar-refractivity contribution in [3.63, 3.8) is 0 Å². The molecule has 0 radical (unpaired) electrons. The van der Waals surface area contributed by atoms with Crippen molar-refractivity contribution in [3.8, 4) is 34.1 Å². The Morgan fingerprint density at radius 3 is 1.01 bits per heavy atom. The fourth-order valence-corrected chi connectivity index (χ4v) is 11.3. The van der Waals surface area contributed by atoms with E-state index >= 15 is 0 Å². The van der Waals surface area contributed by atoms with Crippen LogP contribution in [0.4, 0.5) is 0 Å². The molecule has 0 spiro atoms. The zero-order chi connectivity index (χ0) is 44.5. The molecule has 0 atom stereocenters. The van der Waals surface area contributed by atoms with Gasteiger partial charge in [-0.15, -0.1) is 0 Å². The molecule has 0 saturated carbocycles. The van der Waals surface area contributed by atoms with E-state index in [2.05, 4.69) is 255 Å². The summed E-state index contributed by atoms with van der Waals surface area (Å²) in [6.07, 6.45) is 0. The van der Waals surface area contributed by atoms with Gasteiger partial charge in [0.15, 0.2) is 0 Å². The lowest BCUT2D eigenvalue weighted by Gasteiger charge is -2.15. The normalized spacial score (nSPS) is 12.1. The van der Waals surface area contributed by atoms with Crippen LogP contribution in [0.2, 0.25) is 0 Å². The molecular formula is C63H39N5. The Labute approximate surface area is 390 Å². The van der Waals surface area contributed by atoms with E-state index in [4.69, 9.17) is 4.98 Å². The molecular weight excluding hydrogens is 827 g/mol. The third kappa shape index (κ3) is 5.29. The highest BCUT2D eigenvalue weighted by atomic mass is 15.1. The maximum Gasteiger partial charge on any atom is 0.140 e. The second-order valence-corrected chi connectivity index (χ2v) is 18.0. The van der Waals surface area contributed by atoms with Gasteiger partial charge in [0.05, 0.1) is 44.1 Å². The Bertz CT molecular complexity index is 4300. The molecule has 0 unspecified atom stereocenters. The first kappa shape index (κ1) is 37.1. The fourth-order valence-electron chi connectivity index (χ4n) is 11.3. The Balaban J connectivity index is 1.05. The number of rotatable bonds is 5. The van der Waals surface area contributed by atoms with E-state index in [0.717, 1.165) is 56.2 Å². The van der Waals surface area contributed by atoms with Crippen LogP contribution < -0.4 is 0 Å². The van der Waals surface area contributed by atoms with Gasteiger partial charge in [0, 0.05) is 54.5 Å². The largest absolute Gasteiger partial charge is 0.309 e. The third-order valence-electron chi connectivity index (χ3n) is 14.3. The first-order valence-electron chi connectivity index (χ1n) is 23.3. The topological polar surface area (TPSA) is 32.6 Å². The Morgan fingerprint density at radius 1 is 0.221 bits per heavy atom. The van der Waals surface area contributed by atoms with Gasteiger partial charge in [-0.1, -0.05) is 146 Å². The van der Waals surface area contributed by atoms with Gasteiger partial charge in [0.1, 0.15) is 11.6 Å². The van der Waals surface area contributed by atoms with E-state index in [1.807, 2.05) is 0 Å². The van der Waals surface area contributed by atoms with Crippen LogP contribution in [0.25, 0.3) is 132 Å². The van der Waals surface area contributed by atoms with Crippen LogP contribution in [-0.2, 0) is 0 Å². The van der Waals surface area contributed by atoms with Crippen molar-refractivity contribution in [1.29, 1.82) is 0 Å². The second kappa shape index (κ2) is 14.2. The van der Waals surface area contributed by atoms with Gasteiger partial charge >= 0.3 is 0 Å². The van der Waals surface area contributed by atoms with Crippen LogP contribution in [-0.4, -0.2) is 23.3 Å². The van der Waals surface area contributed by atoms with Gasteiger partial charge < -0.3 is 9.13 Å². The quantitative estimate of drug-likeness (QED) is 0.170. The number of para-hydroxylation sites is 6. The summed E-state index contributed by atoms with van der Waals surface area (Å²) in [5, 5.41) is 12.0. The lowest BCUT2D eigenvalue weighted by Crippen LogP contribution is -2.04. The van der Waals surface area contributed by atoms with Gasteiger partial charge in [-0.25, -0.2) is 4.98 Å². The highest BCUT2D eigenvalue weighted by Gasteiger charge is 2.23. The van der Waals surface area contributed by atoms with Crippen LogP contribution in [0.3, 0.4) is 0 Å². The smallest absolute Gasteiger partial charge is 0.140 e. The summed E-state index contributed by atoms with van der Waals surface area (Å²) in [6.45, 7) is 0. The number of aromatic nitrogens is 5. The summed E-state index contributed by atoms with van der Waals surface area (Å²) in [4.78, 5) is 5.81. The Kier molecular flexibility index (Phi) is 7.72. The zero-order valence-corrected chi connectivity index (χ0v) is 36.8. The molecule has 0 aliphatic rings. The Hall–Kier alpha value is -9.19. The highest BCUT2D eigenvalue weighted by molar-refractivity contribution is 6.20. The number of benzene rings is 10. The van der Waals surface area contributed by atoms with Crippen molar-refractivity contribution < 1.29 is 0 Å². The van der Waals surface area contributed by atoms with Crippen LogP contribution in [0, 0.1) is 0 Å². The molecule has 0 aliphatic heterocycles. The predicted octanol–water partition coefficient (Wildman–Crippen LogP) is 16.3. The monoisotopic (exact) mass is 865 g/mol.